The second-order valence-electron chi connectivity index (χ2n) is 4.11. The van der Waals surface area contributed by atoms with Crippen LogP contribution in [0.5, 0.6) is 0 Å². The summed E-state index contributed by atoms with van der Waals surface area (Å²) in [5.41, 5.74) is 0.485. The summed E-state index contributed by atoms with van der Waals surface area (Å²) in [7, 11) is -3.73. The summed E-state index contributed by atoms with van der Waals surface area (Å²) < 4.78 is 22.2. The van der Waals surface area contributed by atoms with Gasteiger partial charge in [0.1, 0.15) is 5.82 Å². The summed E-state index contributed by atoms with van der Waals surface area (Å²) in [5.74, 6) is 0.580. The lowest BCUT2D eigenvalue weighted by molar-refractivity contribution is -0.113. The van der Waals surface area contributed by atoms with Crippen LogP contribution in [0.4, 0.5) is 5.69 Å². The molecule has 0 bridgehead atoms. The first-order chi connectivity index (χ1) is 9.84. The van der Waals surface area contributed by atoms with Crippen LogP contribution in [0, 0.1) is 6.92 Å². The van der Waals surface area contributed by atoms with E-state index in [4.69, 9.17) is 5.14 Å². The zero-order chi connectivity index (χ0) is 15.5. The molecule has 4 N–H and O–H groups in total. The van der Waals surface area contributed by atoms with Gasteiger partial charge in [0.2, 0.25) is 21.1 Å². The largest absolute Gasteiger partial charge is 0.325 e. The fraction of sp³-hybridized carbons (Fsp3) is 0.182. The maximum atomic E-state index is 11.7. The van der Waals surface area contributed by atoms with Crippen LogP contribution in [-0.4, -0.2) is 35.3 Å². The number of aryl methyl sites for hydroxylation is 1. The number of thioether (sulfide) groups is 1. The Morgan fingerprint density at radius 3 is 2.57 bits per heavy atom. The first-order valence-electron chi connectivity index (χ1n) is 5.79. The van der Waals surface area contributed by atoms with Crippen LogP contribution in [-0.2, 0) is 14.8 Å². The van der Waals surface area contributed by atoms with Crippen molar-refractivity contribution in [3.8, 4) is 0 Å². The van der Waals surface area contributed by atoms with E-state index in [1.165, 1.54) is 36.0 Å². The SMILES string of the molecule is Cc1nc(SCC(=O)Nc2ccc(S(N)(=O)=O)cc2)n[nH]1. The summed E-state index contributed by atoms with van der Waals surface area (Å²) in [6.45, 7) is 1.77. The number of carbonyl (C=O) groups excluding carboxylic acids is 1. The lowest BCUT2D eigenvalue weighted by atomic mass is 10.3. The zero-order valence-corrected chi connectivity index (χ0v) is 12.7. The molecule has 1 aromatic carbocycles. The summed E-state index contributed by atoms with van der Waals surface area (Å²) in [4.78, 5) is 15.8. The number of hydrogen-bond donors (Lipinski definition) is 3. The molecular formula is C11H13N5O3S2. The van der Waals surface area contributed by atoms with Crippen LogP contribution in [0.15, 0.2) is 34.3 Å². The van der Waals surface area contributed by atoms with E-state index in [0.717, 1.165) is 0 Å². The minimum Gasteiger partial charge on any atom is -0.325 e. The molecule has 0 spiro atoms. The average molecular weight is 327 g/mol. The van der Waals surface area contributed by atoms with E-state index >= 15 is 0 Å². The van der Waals surface area contributed by atoms with Crippen LogP contribution in [0.2, 0.25) is 0 Å². The number of anilines is 1. The molecule has 1 aromatic heterocycles. The smallest absolute Gasteiger partial charge is 0.238 e. The van der Waals surface area contributed by atoms with Gasteiger partial charge in [0.05, 0.1) is 10.6 Å². The van der Waals surface area contributed by atoms with Gasteiger partial charge in [-0.25, -0.2) is 18.5 Å². The molecule has 10 heteroatoms. The van der Waals surface area contributed by atoms with E-state index in [9.17, 15) is 13.2 Å². The van der Waals surface area contributed by atoms with Crippen LogP contribution in [0.3, 0.4) is 0 Å². The van der Waals surface area contributed by atoms with Crippen LogP contribution < -0.4 is 10.5 Å². The lowest BCUT2D eigenvalue weighted by Gasteiger charge is -2.05. The quantitative estimate of drug-likeness (QED) is 0.685. The number of nitrogens with zero attached hydrogens (tertiary/aromatic N) is 2. The number of benzene rings is 1. The highest BCUT2D eigenvalue weighted by atomic mass is 32.2. The molecule has 1 heterocycles. The average Bonchev–Trinajstić information content (AvgIpc) is 2.82. The first-order valence-corrected chi connectivity index (χ1v) is 8.32. The molecule has 1 amide bonds. The second kappa shape index (κ2) is 6.24. The molecule has 0 saturated carbocycles. The first kappa shape index (κ1) is 15.5. The molecule has 2 aromatic rings. The van der Waals surface area contributed by atoms with Gasteiger partial charge in [0.15, 0.2) is 0 Å². The van der Waals surface area contributed by atoms with Crippen molar-refractivity contribution in [2.24, 2.45) is 5.14 Å². The van der Waals surface area contributed by atoms with Crippen molar-refractivity contribution in [2.45, 2.75) is 17.0 Å². The van der Waals surface area contributed by atoms with Crippen LogP contribution >= 0.6 is 11.8 Å². The van der Waals surface area contributed by atoms with E-state index in [1.807, 2.05) is 0 Å². The van der Waals surface area contributed by atoms with Gasteiger partial charge in [-0.1, -0.05) is 11.8 Å². The maximum absolute atomic E-state index is 11.7. The normalized spacial score (nSPS) is 11.3. The fourth-order valence-corrected chi connectivity index (χ4v) is 2.60. The van der Waals surface area contributed by atoms with Gasteiger partial charge in [-0.2, -0.15) is 0 Å². The van der Waals surface area contributed by atoms with Crippen molar-refractivity contribution in [1.29, 1.82) is 0 Å². The molecule has 0 aliphatic carbocycles. The Hall–Kier alpha value is -1.91. The molecule has 0 unspecified atom stereocenters. The summed E-state index contributed by atoms with van der Waals surface area (Å²) in [5, 5.41) is 14.7. The molecule has 0 aliphatic heterocycles. The zero-order valence-electron chi connectivity index (χ0n) is 11.0. The number of carbonyl (C=O) groups is 1. The monoisotopic (exact) mass is 327 g/mol. The minimum absolute atomic E-state index is 0.00827. The molecule has 0 aliphatic rings. The van der Waals surface area contributed by atoms with E-state index in [-0.39, 0.29) is 16.6 Å². The third-order valence-electron chi connectivity index (χ3n) is 2.38. The number of rotatable bonds is 5. The highest BCUT2D eigenvalue weighted by molar-refractivity contribution is 7.99. The third-order valence-corrected chi connectivity index (χ3v) is 4.15. The second-order valence-corrected chi connectivity index (χ2v) is 6.61. The number of amides is 1. The van der Waals surface area contributed by atoms with Crippen molar-refractivity contribution in [1.82, 2.24) is 15.2 Å². The molecule has 0 radical (unpaired) electrons. The van der Waals surface area contributed by atoms with E-state index in [0.29, 0.717) is 16.7 Å². The third kappa shape index (κ3) is 4.55. The van der Waals surface area contributed by atoms with Gasteiger partial charge in [-0.15, -0.1) is 5.10 Å². The number of hydrogen-bond acceptors (Lipinski definition) is 6. The van der Waals surface area contributed by atoms with Gasteiger partial charge in [0.25, 0.3) is 0 Å². The number of nitrogens with one attached hydrogen (secondary N) is 2. The lowest BCUT2D eigenvalue weighted by Crippen LogP contribution is -2.15. The standard InChI is InChI=1S/C11H13N5O3S2/c1-7-13-11(16-15-7)20-6-10(17)14-8-2-4-9(5-3-8)21(12,18)19/h2-5H,6H2,1H3,(H,14,17)(H2,12,18,19)(H,13,15,16). The molecule has 0 fully saturated rings. The van der Waals surface area contributed by atoms with Crippen molar-refractivity contribution in [3.63, 3.8) is 0 Å². The van der Waals surface area contributed by atoms with Crippen molar-refractivity contribution < 1.29 is 13.2 Å². The summed E-state index contributed by atoms with van der Waals surface area (Å²) in [6, 6.07) is 5.60. The number of aromatic amines is 1. The molecule has 0 saturated heterocycles. The predicted octanol–water partition coefficient (Wildman–Crippen LogP) is 0.491. The Labute approximate surface area is 125 Å². The van der Waals surface area contributed by atoms with Gasteiger partial charge in [-0.3, -0.25) is 9.89 Å². The van der Waals surface area contributed by atoms with E-state index < -0.39 is 10.0 Å². The Morgan fingerprint density at radius 1 is 1.38 bits per heavy atom. The topological polar surface area (TPSA) is 131 Å². The number of H-pyrrole nitrogens is 1. The highest BCUT2D eigenvalue weighted by Gasteiger charge is 2.09. The minimum atomic E-state index is -3.73. The molecule has 112 valence electrons. The van der Waals surface area contributed by atoms with Gasteiger partial charge < -0.3 is 5.32 Å². The molecule has 8 nitrogen and oxygen atoms in total. The van der Waals surface area contributed by atoms with Crippen LogP contribution in [0.1, 0.15) is 5.82 Å². The number of sulfonamides is 1. The van der Waals surface area contributed by atoms with Crippen molar-refractivity contribution >= 4 is 33.4 Å². The van der Waals surface area contributed by atoms with E-state index in [1.54, 1.807) is 6.92 Å². The van der Waals surface area contributed by atoms with Crippen LogP contribution in [0.25, 0.3) is 0 Å². The Bertz CT molecular complexity index is 739. The maximum Gasteiger partial charge on any atom is 0.238 e. The van der Waals surface area contributed by atoms with Gasteiger partial charge in [-0.05, 0) is 31.2 Å². The summed E-state index contributed by atoms with van der Waals surface area (Å²) >= 11 is 1.19. The number of primary sulfonamides is 1. The molecule has 0 atom stereocenters. The predicted molar refractivity (Wildman–Crippen MR) is 78.3 cm³/mol. The van der Waals surface area contributed by atoms with Gasteiger partial charge in [0, 0.05) is 5.69 Å². The van der Waals surface area contributed by atoms with Crippen molar-refractivity contribution in [2.75, 3.05) is 11.1 Å². The molecule has 2 rings (SSSR count). The number of nitrogens with two attached hydrogens (primary N) is 1. The Kier molecular flexibility index (Phi) is 4.60. The van der Waals surface area contributed by atoms with Gasteiger partial charge >= 0.3 is 0 Å². The Morgan fingerprint density at radius 2 is 2.05 bits per heavy atom. The Balaban J connectivity index is 1.90. The number of aromatic nitrogens is 3. The fourth-order valence-electron chi connectivity index (χ4n) is 1.44. The van der Waals surface area contributed by atoms with Crippen molar-refractivity contribution in [3.05, 3.63) is 30.1 Å². The summed E-state index contributed by atoms with van der Waals surface area (Å²) in [6.07, 6.45) is 0. The highest BCUT2D eigenvalue weighted by Crippen LogP contribution is 2.15. The molecular weight excluding hydrogens is 314 g/mol. The van der Waals surface area contributed by atoms with E-state index in [2.05, 4.69) is 20.5 Å². The molecule has 21 heavy (non-hydrogen) atoms.